The van der Waals surface area contributed by atoms with Crippen LogP contribution in [0.1, 0.15) is 86.0 Å². The number of hydrogen-bond donors (Lipinski definition) is 2. The van der Waals surface area contributed by atoms with Gasteiger partial charge in [0.2, 0.25) is 11.8 Å². The lowest BCUT2D eigenvalue weighted by atomic mass is 9.88. The highest BCUT2D eigenvalue weighted by molar-refractivity contribution is 6.01. The zero-order valence-corrected chi connectivity index (χ0v) is 32.6. The second-order valence-corrected chi connectivity index (χ2v) is 14.7. The summed E-state index contributed by atoms with van der Waals surface area (Å²) in [6.45, 7) is 10.9. The normalized spacial score (nSPS) is 28.8. The molecule has 4 fully saturated rings. The minimum absolute atomic E-state index is 0.00773. The Labute approximate surface area is 322 Å². The number of esters is 1. The standard InChI is InChI=1S/C39H57N3O13/c1-25(7-10-33-26(2)20-32(28(4)53-33)41-34(44)11-8-27(3)52-29(5)43)6-9-30-22-39(24-51-39)23-31(54-30)21-35(45)40-15-17-50-19-18-49-16-14-38(48)55-42-36(46)12-13-37(42)47/h6-9,11,26-28,30-33H,10,12-24H2,1-5H3,(H,40,45)(H,41,44)/b9-6+,11-8-,25-7+/t26-,27-,28+,30+,31+,32+,33-,39+/m0/s1. The first-order valence-electron chi connectivity index (χ1n) is 19.2. The van der Waals surface area contributed by atoms with E-state index in [1.165, 1.54) is 13.0 Å². The molecule has 4 saturated heterocycles. The molecule has 0 bridgehead atoms. The highest BCUT2D eigenvalue weighted by atomic mass is 16.7. The molecule has 0 aliphatic carbocycles. The van der Waals surface area contributed by atoms with Gasteiger partial charge in [-0.2, -0.15) is 0 Å². The van der Waals surface area contributed by atoms with E-state index in [0.717, 1.165) is 24.8 Å². The molecule has 0 aromatic heterocycles. The number of carbonyl (C=O) groups excluding carboxylic acids is 6. The topological polar surface area (TPSA) is 198 Å². The highest BCUT2D eigenvalue weighted by Gasteiger charge is 2.51. The molecule has 0 radical (unpaired) electrons. The van der Waals surface area contributed by atoms with Crippen LogP contribution in [0.3, 0.4) is 0 Å². The maximum atomic E-state index is 12.7. The zero-order chi connectivity index (χ0) is 40.0. The second kappa shape index (κ2) is 21.4. The van der Waals surface area contributed by atoms with Crippen LogP contribution in [-0.4, -0.2) is 122 Å². The van der Waals surface area contributed by atoms with Crippen LogP contribution in [0.15, 0.2) is 36.0 Å². The van der Waals surface area contributed by atoms with Crippen molar-refractivity contribution < 1.29 is 62.0 Å². The van der Waals surface area contributed by atoms with Crippen molar-refractivity contribution in [1.82, 2.24) is 15.7 Å². The fourth-order valence-corrected chi connectivity index (χ4v) is 6.70. The van der Waals surface area contributed by atoms with Crippen molar-refractivity contribution >= 4 is 35.6 Å². The summed E-state index contributed by atoms with van der Waals surface area (Å²) < 4.78 is 34.2. The number of nitrogens with zero attached hydrogens (tertiary/aromatic N) is 1. The molecule has 4 amide bonds. The molecule has 0 aromatic rings. The van der Waals surface area contributed by atoms with Gasteiger partial charge in [-0.05, 0) is 45.6 Å². The molecule has 16 heteroatoms. The molecule has 4 heterocycles. The molecule has 0 aromatic carbocycles. The van der Waals surface area contributed by atoms with Gasteiger partial charge in [-0.15, -0.1) is 5.06 Å². The smallest absolute Gasteiger partial charge is 0.335 e. The van der Waals surface area contributed by atoms with E-state index in [1.54, 1.807) is 13.0 Å². The predicted octanol–water partition coefficient (Wildman–Crippen LogP) is 2.54. The van der Waals surface area contributed by atoms with E-state index in [-0.39, 0.29) is 106 Å². The monoisotopic (exact) mass is 775 g/mol. The van der Waals surface area contributed by atoms with E-state index in [1.807, 2.05) is 26.0 Å². The maximum Gasteiger partial charge on any atom is 0.335 e. The van der Waals surface area contributed by atoms with Gasteiger partial charge in [-0.1, -0.05) is 30.7 Å². The van der Waals surface area contributed by atoms with Gasteiger partial charge in [-0.3, -0.25) is 24.0 Å². The van der Waals surface area contributed by atoms with E-state index >= 15 is 0 Å². The minimum Gasteiger partial charge on any atom is -0.459 e. The number of epoxide rings is 1. The first kappa shape index (κ1) is 43.8. The van der Waals surface area contributed by atoms with Crippen LogP contribution in [0.4, 0.5) is 0 Å². The third kappa shape index (κ3) is 15.2. The van der Waals surface area contributed by atoms with E-state index < -0.39 is 29.9 Å². The van der Waals surface area contributed by atoms with Crippen LogP contribution >= 0.6 is 0 Å². The summed E-state index contributed by atoms with van der Waals surface area (Å²) in [5, 5.41) is 6.37. The van der Waals surface area contributed by atoms with Crippen molar-refractivity contribution in [2.24, 2.45) is 5.92 Å². The number of rotatable bonds is 20. The van der Waals surface area contributed by atoms with Gasteiger partial charge in [-0.25, -0.2) is 4.79 Å². The lowest BCUT2D eigenvalue weighted by Crippen LogP contribution is -2.50. The molecular formula is C39H57N3O13. The molecule has 55 heavy (non-hydrogen) atoms. The average molecular weight is 776 g/mol. The molecular weight excluding hydrogens is 718 g/mol. The lowest BCUT2D eigenvalue weighted by Gasteiger charge is -2.39. The van der Waals surface area contributed by atoms with Gasteiger partial charge < -0.3 is 43.9 Å². The maximum absolute atomic E-state index is 12.7. The van der Waals surface area contributed by atoms with Crippen molar-refractivity contribution in [1.29, 1.82) is 0 Å². The van der Waals surface area contributed by atoms with Crippen LogP contribution in [-0.2, 0) is 62.0 Å². The van der Waals surface area contributed by atoms with Gasteiger partial charge >= 0.3 is 11.9 Å². The second-order valence-electron chi connectivity index (χ2n) is 14.7. The Bertz CT molecular complexity index is 1440. The largest absolute Gasteiger partial charge is 0.459 e. The average Bonchev–Trinajstić information content (AvgIpc) is 3.79. The number of ether oxygens (including phenoxy) is 6. The molecule has 4 aliphatic heterocycles. The minimum atomic E-state index is -0.727. The summed E-state index contributed by atoms with van der Waals surface area (Å²) in [5.74, 6) is -2.36. The Balaban J connectivity index is 1.08. The molecule has 0 unspecified atom stereocenters. The Morgan fingerprint density at radius 1 is 0.982 bits per heavy atom. The Kier molecular flexibility index (Phi) is 17.0. The first-order valence-corrected chi connectivity index (χ1v) is 19.2. The van der Waals surface area contributed by atoms with Crippen LogP contribution in [0, 0.1) is 5.92 Å². The fraction of sp³-hybridized carbons (Fsp3) is 0.692. The van der Waals surface area contributed by atoms with Gasteiger partial charge in [0.25, 0.3) is 11.8 Å². The number of carbonyl (C=O) groups is 6. The zero-order valence-electron chi connectivity index (χ0n) is 32.6. The quantitative estimate of drug-likeness (QED) is 0.0458. The molecule has 1 spiro atoms. The molecule has 8 atom stereocenters. The van der Waals surface area contributed by atoms with Crippen LogP contribution in [0.2, 0.25) is 0 Å². The first-order chi connectivity index (χ1) is 26.2. The summed E-state index contributed by atoms with van der Waals surface area (Å²) in [6, 6.07) is -0.129. The summed E-state index contributed by atoms with van der Waals surface area (Å²) in [4.78, 5) is 75.8. The Hall–Kier alpha value is -3.96. The Morgan fingerprint density at radius 3 is 2.38 bits per heavy atom. The van der Waals surface area contributed by atoms with Crippen molar-refractivity contribution in [3.63, 3.8) is 0 Å². The predicted molar refractivity (Wildman–Crippen MR) is 196 cm³/mol. The summed E-state index contributed by atoms with van der Waals surface area (Å²) in [7, 11) is 0. The molecule has 16 nitrogen and oxygen atoms in total. The van der Waals surface area contributed by atoms with E-state index in [4.69, 9.17) is 33.3 Å². The third-order valence-electron chi connectivity index (χ3n) is 9.76. The van der Waals surface area contributed by atoms with E-state index in [2.05, 4.69) is 23.6 Å². The van der Waals surface area contributed by atoms with Crippen LogP contribution in [0.5, 0.6) is 0 Å². The highest BCUT2D eigenvalue weighted by Crippen LogP contribution is 2.43. The van der Waals surface area contributed by atoms with Gasteiger partial charge in [0.05, 0.1) is 81.9 Å². The van der Waals surface area contributed by atoms with Crippen LogP contribution in [0.25, 0.3) is 0 Å². The number of hydroxylamine groups is 2. The van der Waals surface area contributed by atoms with E-state index in [9.17, 15) is 28.8 Å². The summed E-state index contributed by atoms with van der Waals surface area (Å²) in [5.41, 5.74) is 0.823. The lowest BCUT2D eigenvalue weighted by molar-refractivity contribution is -0.198. The number of allylic oxidation sites excluding steroid dienone is 2. The van der Waals surface area contributed by atoms with Crippen molar-refractivity contribution in [2.45, 2.75) is 128 Å². The van der Waals surface area contributed by atoms with Gasteiger partial charge in [0.1, 0.15) is 6.10 Å². The summed E-state index contributed by atoms with van der Waals surface area (Å²) >= 11 is 0. The van der Waals surface area contributed by atoms with E-state index in [0.29, 0.717) is 24.6 Å². The molecule has 2 N–H and O–H groups in total. The van der Waals surface area contributed by atoms with Crippen LogP contribution < -0.4 is 10.6 Å². The Morgan fingerprint density at radius 2 is 1.69 bits per heavy atom. The van der Waals surface area contributed by atoms with Gasteiger partial charge in [0.15, 0.2) is 0 Å². The summed E-state index contributed by atoms with van der Waals surface area (Å²) in [6.07, 6.45) is 11.1. The molecule has 4 aliphatic rings. The number of hydrogen-bond acceptors (Lipinski definition) is 13. The molecule has 306 valence electrons. The molecule has 0 saturated carbocycles. The van der Waals surface area contributed by atoms with Crippen molar-refractivity contribution in [2.75, 3.05) is 39.6 Å². The number of amides is 4. The third-order valence-corrected chi connectivity index (χ3v) is 9.76. The number of nitrogens with one attached hydrogen (secondary N) is 2. The number of imide groups is 1. The SMILES string of the molecule is CC(=O)O[C@@H](C)/C=C\C(=O)N[C@@H]1C[C@H](C)[C@H](C/C=C(C)/C=C/[C@@H]2C[C@]3(CO3)C[C@@H](CC(=O)NCCOCCOCCC(=O)ON3C(=O)CCC3=O)O2)O[C@@H]1C. The fourth-order valence-electron chi connectivity index (χ4n) is 6.70. The van der Waals surface area contributed by atoms with Crippen molar-refractivity contribution in [3.8, 4) is 0 Å². The molecule has 4 rings (SSSR count). The van der Waals surface area contributed by atoms with Gasteiger partial charge in [0, 0.05) is 45.2 Å². The van der Waals surface area contributed by atoms with Crippen molar-refractivity contribution in [3.05, 3.63) is 36.0 Å².